The minimum absolute atomic E-state index is 0.437. The molecule has 0 radical (unpaired) electrons. The minimum atomic E-state index is 0.437. The topological polar surface area (TPSA) is 62.8 Å². The van der Waals surface area contributed by atoms with Gasteiger partial charge in [-0.3, -0.25) is 4.99 Å². The summed E-state index contributed by atoms with van der Waals surface area (Å²) >= 11 is 6.42. The van der Waals surface area contributed by atoms with E-state index >= 15 is 0 Å². The van der Waals surface area contributed by atoms with Gasteiger partial charge in [-0.15, -0.1) is 0 Å². The smallest absolute Gasteiger partial charge is 0.135 e. The highest BCUT2D eigenvalue weighted by atomic mass is 35.5. The Hall–Kier alpha value is -2.85. The van der Waals surface area contributed by atoms with Crippen LogP contribution in [-0.4, -0.2) is 11.5 Å². The fraction of sp³-hybridized carbons (Fsp3) is 0.250. The number of benzene rings is 2. The molecule has 0 spiro atoms. The van der Waals surface area contributed by atoms with Crippen LogP contribution in [0.4, 0.5) is 11.4 Å². The summed E-state index contributed by atoms with van der Waals surface area (Å²) in [4.78, 5) is 9.25. The van der Waals surface area contributed by atoms with E-state index in [2.05, 4.69) is 49.8 Å². The first-order chi connectivity index (χ1) is 13.6. The van der Waals surface area contributed by atoms with Gasteiger partial charge >= 0.3 is 0 Å². The maximum Gasteiger partial charge on any atom is 0.135 e. The zero-order chi connectivity index (χ0) is 21.7. The van der Waals surface area contributed by atoms with Crippen LogP contribution < -0.4 is 11.1 Å². The van der Waals surface area contributed by atoms with Gasteiger partial charge in [0.2, 0.25) is 0 Å². The average molecular weight is 409 g/mol. The van der Waals surface area contributed by atoms with E-state index in [-0.39, 0.29) is 0 Å². The number of rotatable bonds is 5. The fourth-order valence-electron chi connectivity index (χ4n) is 2.65. The van der Waals surface area contributed by atoms with Gasteiger partial charge in [-0.25, -0.2) is 4.99 Å². The molecule has 0 atom stereocenters. The molecular formula is C24H29ClN4. The van der Waals surface area contributed by atoms with E-state index in [4.69, 9.17) is 22.3 Å². The maximum absolute atomic E-state index is 6.42. The lowest BCUT2D eigenvalue weighted by atomic mass is 10.0. The van der Waals surface area contributed by atoms with Gasteiger partial charge in [-0.1, -0.05) is 36.4 Å². The van der Waals surface area contributed by atoms with Crippen LogP contribution in [0.1, 0.15) is 36.1 Å². The number of nitrogens with one attached hydrogen (secondary N) is 1. The zero-order valence-corrected chi connectivity index (χ0v) is 18.8. The molecule has 5 heteroatoms. The molecule has 2 aromatic carbocycles. The van der Waals surface area contributed by atoms with Crippen LogP contribution in [0.3, 0.4) is 0 Å². The molecule has 152 valence electrons. The van der Waals surface area contributed by atoms with Crippen molar-refractivity contribution >= 4 is 34.5 Å². The van der Waals surface area contributed by atoms with Crippen molar-refractivity contribution in [3.05, 3.63) is 81.7 Å². The van der Waals surface area contributed by atoms with Crippen molar-refractivity contribution in [2.45, 2.75) is 41.5 Å². The largest absolute Gasteiger partial charge is 0.398 e. The number of aryl methyl sites for hydroxylation is 4. The molecule has 0 fully saturated rings. The lowest BCUT2D eigenvalue weighted by Crippen LogP contribution is -2.15. The molecule has 4 nitrogen and oxygen atoms in total. The first-order valence-electron chi connectivity index (χ1n) is 9.45. The van der Waals surface area contributed by atoms with Crippen LogP contribution in [-0.2, 0) is 0 Å². The molecule has 29 heavy (non-hydrogen) atoms. The summed E-state index contributed by atoms with van der Waals surface area (Å²) < 4.78 is 0. The third-order valence-electron chi connectivity index (χ3n) is 4.80. The molecule has 0 saturated heterocycles. The van der Waals surface area contributed by atoms with Gasteiger partial charge in [0, 0.05) is 23.2 Å². The van der Waals surface area contributed by atoms with Crippen LogP contribution in [0.25, 0.3) is 0 Å². The molecule has 0 amide bonds. The molecule has 0 aliphatic heterocycles. The number of nitrogens with zero attached hydrogens (tertiary/aromatic N) is 2. The quantitative estimate of drug-likeness (QED) is 0.435. The van der Waals surface area contributed by atoms with Crippen molar-refractivity contribution < 1.29 is 0 Å². The molecular weight excluding hydrogens is 380 g/mol. The summed E-state index contributed by atoms with van der Waals surface area (Å²) in [5.41, 5.74) is 14.0. The predicted octanol–water partition coefficient (Wildman–Crippen LogP) is 6.55. The molecule has 0 saturated carbocycles. The summed E-state index contributed by atoms with van der Waals surface area (Å²) in [6, 6.07) is 10.0. The standard InChI is InChI=1S/C24H29ClN4/c1-14-9-8-10-21(25)23(14)29-24(18(5)13-27-20(7)19(6)26)28-22-12-16(3)15(2)11-17(22)4/h8-13H,6,26H2,1-5,7H3,(H,28,29)/b18-13+,27-20?. The molecule has 2 aromatic rings. The van der Waals surface area contributed by atoms with E-state index in [9.17, 15) is 0 Å². The summed E-state index contributed by atoms with van der Waals surface area (Å²) in [7, 11) is 0. The molecule has 0 aromatic heterocycles. The predicted molar refractivity (Wildman–Crippen MR) is 128 cm³/mol. The van der Waals surface area contributed by atoms with E-state index in [1.807, 2.05) is 39.0 Å². The Kier molecular flexibility index (Phi) is 7.40. The Morgan fingerprint density at radius 3 is 2.31 bits per heavy atom. The van der Waals surface area contributed by atoms with Gasteiger partial charge in [0.1, 0.15) is 5.84 Å². The second-order valence-corrected chi connectivity index (χ2v) is 7.70. The first kappa shape index (κ1) is 22.4. The Morgan fingerprint density at radius 2 is 1.69 bits per heavy atom. The Balaban J connectivity index is 2.58. The van der Waals surface area contributed by atoms with Crippen LogP contribution in [0.15, 0.2) is 64.4 Å². The van der Waals surface area contributed by atoms with Crippen molar-refractivity contribution in [3.8, 4) is 0 Å². The second-order valence-electron chi connectivity index (χ2n) is 7.29. The van der Waals surface area contributed by atoms with Crippen LogP contribution >= 0.6 is 11.6 Å². The summed E-state index contributed by atoms with van der Waals surface area (Å²) in [5, 5.41) is 4.07. The molecule has 0 bridgehead atoms. The van der Waals surface area contributed by atoms with Gasteiger partial charge < -0.3 is 11.1 Å². The number of anilines is 1. The third kappa shape index (κ3) is 5.81. The van der Waals surface area contributed by atoms with Gasteiger partial charge in [0.05, 0.1) is 16.4 Å². The Labute approximate surface area is 178 Å². The molecule has 0 aliphatic carbocycles. The van der Waals surface area contributed by atoms with Gasteiger partial charge in [0.25, 0.3) is 0 Å². The van der Waals surface area contributed by atoms with E-state index in [0.717, 1.165) is 28.1 Å². The summed E-state index contributed by atoms with van der Waals surface area (Å²) in [5.74, 6) is 0.673. The normalized spacial score (nSPS) is 12.9. The van der Waals surface area contributed by atoms with E-state index in [1.54, 1.807) is 6.20 Å². The van der Waals surface area contributed by atoms with E-state index in [0.29, 0.717) is 22.3 Å². The van der Waals surface area contributed by atoms with Crippen molar-refractivity contribution in [1.82, 2.24) is 0 Å². The van der Waals surface area contributed by atoms with E-state index in [1.165, 1.54) is 11.1 Å². The fourth-order valence-corrected chi connectivity index (χ4v) is 2.92. The molecule has 3 N–H and O–H groups in total. The molecule has 0 unspecified atom stereocenters. The zero-order valence-electron chi connectivity index (χ0n) is 18.0. The number of hydrogen-bond donors (Lipinski definition) is 2. The number of para-hydroxylation sites is 1. The van der Waals surface area contributed by atoms with Crippen molar-refractivity contribution in [2.75, 3.05) is 5.32 Å². The number of allylic oxidation sites excluding steroid dienone is 1. The highest BCUT2D eigenvalue weighted by molar-refractivity contribution is 6.33. The minimum Gasteiger partial charge on any atom is -0.398 e. The second kappa shape index (κ2) is 9.57. The maximum atomic E-state index is 6.42. The Morgan fingerprint density at radius 1 is 1.03 bits per heavy atom. The molecule has 0 heterocycles. The molecule has 0 aliphatic rings. The van der Waals surface area contributed by atoms with E-state index < -0.39 is 0 Å². The van der Waals surface area contributed by atoms with Gasteiger partial charge in [0.15, 0.2) is 0 Å². The number of nitrogens with two attached hydrogens (primary N) is 1. The number of amidine groups is 1. The average Bonchev–Trinajstić information content (AvgIpc) is 2.65. The number of halogens is 1. The SMILES string of the molecule is C=C(N)C(C)=N/C=C(\C)C(=Nc1c(C)cccc1Cl)Nc1cc(C)c(C)cc1C. The van der Waals surface area contributed by atoms with Crippen LogP contribution in [0.2, 0.25) is 5.02 Å². The molecule has 2 rings (SSSR count). The lowest BCUT2D eigenvalue weighted by Gasteiger charge is -2.16. The highest BCUT2D eigenvalue weighted by Gasteiger charge is 2.10. The monoisotopic (exact) mass is 408 g/mol. The number of hydrogen-bond acceptors (Lipinski definition) is 3. The van der Waals surface area contributed by atoms with Gasteiger partial charge in [-0.05, 0) is 75.9 Å². The summed E-state index contributed by atoms with van der Waals surface area (Å²) in [6.45, 7) is 15.8. The lowest BCUT2D eigenvalue weighted by molar-refractivity contribution is 1.29. The number of aliphatic imine (C=N–C) groups is 2. The van der Waals surface area contributed by atoms with Crippen LogP contribution in [0.5, 0.6) is 0 Å². The van der Waals surface area contributed by atoms with Crippen molar-refractivity contribution in [3.63, 3.8) is 0 Å². The third-order valence-corrected chi connectivity index (χ3v) is 5.10. The highest BCUT2D eigenvalue weighted by Crippen LogP contribution is 2.30. The van der Waals surface area contributed by atoms with Crippen molar-refractivity contribution in [1.29, 1.82) is 0 Å². The summed E-state index contributed by atoms with van der Waals surface area (Å²) in [6.07, 6.45) is 1.74. The van der Waals surface area contributed by atoms with Crippen molar-refractivity contribution in [2.24, 2.45) is 15.7 Å². The van der Waals surface area contributed by atoms with Gasteiger partial charge in [-0.2, -0.15) is 0 Å². The Bertz CT molecular complexity index is 1010. The van der Waals surface area contributed by atoms with Crippen LogP contribution in [0, 0.1) is 27.7 Å². The first-order valence-corrected chi connectivity index (χ1v) is 9.83.